The number of hydrogen-bond donors (Lipinski definition) is 1. The van der Waals surface area contributed by atoms with Crippen molar-refractivity contribution in [1.29, 1.82) is 0 Å². The van der Waals surface area contributed by atoms with Crippen molar-refractivity contribution >= 4 is 22.7 Å². The summed E-state index contributed by atoms with van der Waals surface area (Å²) < 4.78 is 9.52. The molecular formula is C11H11N3O5. The quantitative estimate of drug-likeness (QED) is 0.508. The zero-order valence-electron chi connectivity index (χ0n) is 10.3. The van der Waals surface area contributed by atoms with Crippen LogP contribution in [0.1, 0.15) is 16.2 Å². The number of nitrogens with one attached hydrogen (secondary N) is 1. The molecule has 0 saturated heterocycles. The van der Waals surface area contributed by atoms with E-state index in [1.165, 1.54) is 20.3 Å². The van der Waals surface area contributed by atoms with E-state index < -0.39 is 10.9 Å². The third kappa shape index (κ3) is 2.38. The highest BCUT2D eigenvalue weighted by atomic mass is 16.6. The maximum absolute atomic E-state index is 11.6. The predicted octanol–water partition coefficient (Wildman–Crippen LogP) is 1.40. The first-order valence-electron chi connectivity index (χ1n) is 5.31. The molecule has 2 aromatic rings. The molecule has 0 bridgehead atoms. The zero-order chi connectivity index (χ0) is 14.0. The van der Waals surface area contributed by atoms with Gasteiger partial charge in [0.05, 0.1) is 23.1 Å². The Balaban J connectivity index is 2.67. The predicted molar refractivity (Wildman–Crippen MR) is 64.8 cm³/mol. The third-order valence-corrected chi connectivity index (χ3v) is 2.52. The van der Waals surface area contributed by atoms with Gasteiger partial charge in [-0.1, -0.05) is 0 Å². The molecule has 0 aliphatic carbocycles. The topological polar surface area (TPSA) is 107 Å². The SMILES string of the molecule is COCc1nc2c(C(=O)OC)cc([N+](=O)[O-])cc2[nH]1. The molecule has 8 heteroatoms. The van der Waals surface area contributed by atoms with Crippen LogP contribution in [0, 0.1) is 10.1 Å². The van der Waals surface area contributed by atoms with Crippen molar-refractivity contribution in [2.75, 3.05) is 14.2 Å². The number of rotatable bonds is 4. The average Bonchev–Trinajstić information content (AvgIpc) is 2.79. The molecule has 0 unspecified atom stereocenters. The van der Waals surface area contributed by atoms with E-state index in [4.69, 9.17) is 4.74 Å². The van der Waals surface area contributed by atoms with Gasteiger partial charge in [0, 0.05) is 19.2 Å². The number of carbonyl (C=O) groups excluding carboxylic acids is 1. The van der Waals surface area contributed by atoms with Gasteiger partial charge in [0.15, 0.2) is 0 Å². The molecule has 0 atom stereocenters. The Kier molecular flexibility index (Phi) is 3.43. The second-order valence-corrected chi connectivity index (χ2v) is 3.75. The second kappa shape index (κ2) is 5.02. The number of methoxy groups -OCH3 is 2. The van der Waals surface area contributed by atoms with Crippen molar-refractivity contribution in [3.05, 3.63) is 33.6 Å². The number of fused-ring (bicyclic) bond motifs is 1. The van der Waals surface area contributed by atoms with Crippen LogP contribution in [0.4, 0.5) is 5.69 Å². The Labute approximate surface area is 107 Å². The van der Waals surface area contributed by atoms with Crippen molar-refractivity contribution < 1.29 is 19.2 Å². The summed E-state index contributed by atoms with van der Waals surface area (Å²) >= 11 is 0. The molecule has 100 valence electrons. The first kappa shape index (κ1) is 13.0. The summed E-state index contributed by atoms with van der Waals surface area (Å²) in [7, 11) is 2.70. The minimum atomic E-state index is -0.677. The van der Waals surface area contributed by atoms with Gasteiger partial charge in [-0.3, -0.25) is 10.1 Å². The standard InChI is InChI=1S/C11H11N3O5/c1-18-5-9-12-8-4-6(14(16)17)3-7(10(8)13-9)11(15)19-2/h3-4H,5H2,1-2H3,(H,12,13). The Morgan fingerprint density at radius 2 is 2.21 bits per heavy atom. The van der Waals surface area contributed by atoms with Crippen molar-refractivity contribution in [2.45, 2.75) is 6.61 Å². The van der Waals surface area contributed by atoms with E-state index in [0.717, 1.165) is 6.07 Å². The number of nitro groups is 1. The summed E-state index contributed by atoms with van der Waals surface area (Å²) in [5.41, 5.74) is 0.553. The van der Waals surface area contributed by atoms with Crippen LogP contribution < -0.4 is 0 Å². The molecule has 0 spiro atoms. The number of nitrogens with zero attached hydrogens (tertiary/aromatic N) is 2. The largest absolute Gasteiger partial charge is 0.465 e. The number of imidazole rings is 1. The molecule has 0 radical (unpaired) electrons. The summed E-state index contributed by atoms with van der Waals surface area (Å²) in [5, 5.41) is 10.8. The molecule has 2 rings (SSSR count). The number of ether oxygens (including phenoxy) is 2. The van der Waals surface area contributed by atoms with Crippen LogP contribution in [0.2, 0.25) is 0 Å². The van der Waals surface area contributed by atoms with Gasteiger partial charge in [0.2, 0.25) is 0 Å². The number of esters is 1. The summed E-state index contributed by atoms with van der Waals surface area (Å²) in [6.45, 7) is 0.211. The molecule has 1 aromatic heterocycles. The lowest BCUT2D eigenvalue weighted by molar-refractivity contribution is -0.384. The van der Waals surface area contributed by atoms with Gasteiger partial charge in [-0.25, -0.2) is 9.78 Å². The van der Waals surface area contributed by atoms with Crippen LogP contribution in [0.25, 0.3) is 11.0 Å². The first-order valence-corrected chi connectivity index (χ1v) is 5.31. The van der Waals surface area contributed by atoms with Crippen LogP contribution in [-0.2, 0) is 16.1 Å². The van der Waals surface area contributed by atoms with Gasteiger partial charge in [-0.2, -0.15) is 0 Å². The van der Waals surface area contributed by atoms with Gasteiger partial charge in [0.25, 0.3) is 5.69 Å². The molecule has 0 aliphatic rings. The summed E-state index contributed by atoms with van der Waals surface area (Å²) in [6, 6.07) is 2.46. The number of benzene rings is 1. The van der Waals surface area contributed by atoms with Gasteiger partial charge in [0.1, 0.15) is 17.9 Å². The zero-order valence-corrected chi connectivity index (χ0v) is 10.3. The van der Waals surface area contributed by atoms with E-state index in [1.54, 1.807) is 0 Å². The molecule has 8 nitrogen and oxygen atoms in total. The number of carbonyl (C=O) groups is 1. The summed E-state index contributed by atoms with van der Waals surface area (Å²) in [4.78, 5) is 28.9. The lowest BCUT2D eigenvalue weighted by Crippen LogP contribution is -2.03. The number of aromatic nitrogens is 2. The fourth-order valence-electron chi connectivity index (χ4n) is 1.73. The van der Waals surface area contributed by atoms with Gasteiger partial charge < -0.3 is 14.5 Å². The highest BCUT2D eigenvalue weighted by Gasteiger charge is 2.20. The lowest BCUT2D eigenvalue weighted by Gasteiger charge is -2.00. The molecule has 0 aliphatic heterocycles. The molecule has 0 amide bonds. The Morgan fingerprint density at radius 1 is 1.47 bits per heavy atom. The normalized spacial score (nSPS) is 10.6. The molecular weight excluding hydrogens is 254 g/mol. The third-order valence-electron chi connectivity index (χ3n) is 2.52. The number of H-pyrrole nitrogens is 1. The molecule has 1 heterocycles. The van der Waals surface area contributed by atoms with Gasteiger partial charge >= 0.3 is 5.97 Å². The minimum absolute atomic E-state index is 0.0466. The first-order chi connectivity index (χ1) is 9.06. The molecule has 1 N–H and O–H groups in total. The van der Waals surface area contributed by atoms with E-state index in [1.807, 2.05) is 0 Å². The van der Waals surface area contributed by atoms with Crippen molar-refractivity contribution in [3.63, 3.8) is 0 Å². The molecule has 19 heavy (non-hydrogen) atoms. The highest BCUT2D eigenvalue weighted by molar-refractivity contribution is 6.03. The van der Waals surface area contributed by atoms with Crippen LogP contribution in [-0.4, -0.2) is 35.1 Å². The number of nitro benzene ring substituents is 1. The maximum Gasteiger partial charge on any atom is 0.340 e. The maximum atomic E-state index is 11.6. The van der Waals surface area contributed by atoms with Crippen molar-refractivity contribution in [1.82, 2.24) is 9.97 Å². The minimum Gasteiger partial charge on any atom is -0.465 e. The van der Waals surface area contributed by atoms with E-state index in [-0.39, 0.29) is 17.9 Å². The van der Waals surface area contributed by atoms with Crippen LogP contribution in [0.15, 0.2) is 12.1 Å². The average molecular weight is 265 g/mol. The number of non-ortho nitro benzene ring substituents is 1. The van der Waals surface area contributed by atoms with Gasteiger partial charge in [-0.15, -0.1) is 0 Å². The summed E-state index contributed by atoms with van der Waals surface area (Å²) in [6.07, 6.45) is 0. The van der Waals surface area contributed by atoms with Crippen molar-refractivity contribution in [2.24, 2.45) is 0 Å². The Hall–Kier alpha value is -2.48. The smallest absolute Gasteiger partial charge is 0.340 e. The molecule has 0 saturated carbocycles. The van der Waals surface area contributed by atoms with E-state index in [2.05, 4.69) is 14.7 Å². The number of aromatic amines is 1. The van der Waals surface area contributed by atoms with E-state index in [9.17, 15) is 14.9 Å². The van der Waals surface area contributed by atoms with E-state index >= 15 is 0 Å². The molecule has 1 aromatic carbocycles. The van der Waals surface area contributed by atoms with Crippen LogP contribution >= 0.6 is 0 Å². The second-order valence-electron chi connectivity index (χ2n) is 3.75. The Morgan fingerprint density at radius 3 is 2.79 bits per heavy atom. The fourth-order valence-corrected chi connectivity index (χ4v) is 1.73. The number of hydrogen-bond acceptors (Lipinski definition) is 6. The monoisotopic (exact) mass is 265 g/mol. The fraction of sp³-hybridized carbons (Fsp3) is 0.273. The lowest BCUT2D eigenvalue weighted by atomic mass is 10.1. The van der Waals surface area contributed by atoms with Crippen molar-refractivity contribution in [3.8, 4) is 0 Å². The van der Waals surface area contributed by atoms with Crippen LogP contribution in [0.5, 0.6) is 0 Å². The highest BCUT2D eigenvalue weighted by Crippen LogP contribution is 2.24. The summed E-state index contributed by atoms with van der Waals surface area (Å²) in [5.74, 6) is -0.202. The molecule has 0 fully saturated rings. The Bertz CT molecular complexity index is 649. The van der Waals surface area contributed by atoms with E-state index in [0.29, 0.717) is 16.9 Å². The van der Waals surface area contributed by atoms with Gasteiger partial charge in [-0.05, 0) is 0 Å². The van der Waals surface area contributed by atoms with Crippen LogP contribution in [0.3, 0.4) is 0 Å².